The molecule has 1 aromatic heterocycles. The van der Waals surface area contributed by atoms with Gasteiger partial charge in [-0.15, -0.1) is 0 Å². The molecule has 0 radical (unpaired) electrons. The molecule has 4 rings (SSSR count). The Morgan fingerprint density at radius 1 is 1.11 bits per heavy atom. The van der Waals surface area contributed by atoms with Crippen molar-refractivity contribution in [1.29, 1.82) is 0 Å². The fraction of sp³-hybridized carbons (Fsp3) is 0.391. The predicted octanol–water partition coefficient (Wildman–Crippen LogP) is 7.25. The predicted molar refractivity (Wildman–Crippen MR) is 127 cm³/mol. The summed E-state index contributed by atoms with van der Waals surface area (Å²) in [6.07, 6.45) is -7.09. The van der Waals surface area contributed by atoms with Gasteiger partial charge in [0.1, 0.15) is 18.2 Å². The van der Waals surface area contributed by atoms with Crippen LogP contribution in [0.5, 0.6) is 5.75 Å². The van der Waals surface area contributed by atoms with Crippen LogP contribution in [-0.4, -0.2) is 41.1 Å². The smallest absolute Gasteiger partial charge is 0.391 e. The molecule has 1 amide bonds. The lowest BCUT2D eigenvalue weighted by atomic mass is 9.85. The number of hydrogen-bond acceptors (Lipinski definition) is 4. The second kappa shape index (κ2) is 10.9. The number of H-pyrrole nitrogens is 1. The Morgan fingerprint density at radius 2 is 1.76 bits per heavy atom. The number of ether oxygens (including phenoxy) is 1. The van der Waals surface area contributed by atoms with Crippen LogP contribution in [-0.2, 0) is 0 Å². The first-order chi connectivity index (χ1) is 17.4. The van der Waals surface area contributed by atoms with Gasteiger partial charge in [-0.3, -0.25) is 4.79 Å². The molecule has 200 valence electrons. The number of rotatable bonds is 7. The van der Waals surface area contributed by atoms with Crippen LogP contribution in [0.25, 0.3) is 11.0 Å². The molecule has 0 aliphatic heterocycles. The van der Waals surface area contributed by atoms with E-state index in [4.69, 9.17) is 27.9 Å². The molecule has 3 aromatic rings. The summed E-state index contributed by atoms with van der Waals surface area (Å²) in [5.41, 5.74) is 0.600. The molecule has 1 aliphatic carbocycles. The monoisotopic (exact) mass is 568 g/mol. The number of imidazole rings is 1. The molecular weight excluding hydrogens is 549 g/mol. The first-order valence-electron chi connectivity index (χ1n) is 11.1. The highest BCUT2D eigenvalue weighted by molar-refractivity contribution is 6.39. The minimum Gasteiger partial charge on any atom is -0.487 e. The van der Waals surface area contributed by atoms with Crippen molar-refractivity contribution >= 4 is 51.8 Å². The van der Waals surface area contributed by atoms with Crippen LogP contribution in [0.4, 0.5) is 38.0 Å². The fourth-order valence-electron chi connectivity index (χ4n) is 4.15. The van der Waals surface area contributed by atoms with Gasteiger partial charge in [0.05, 0.1) is 38.2 Å². The first-order valence-corrected chi connectivity index (χ1v) is 11.9. The van der Waals surface area contributed by atoms with Crippen LogP contribution in [0, 0.1) is 11.7 Å². The van der Waals surface area contributed by atoms with E-state index in [1.165, 1.54) is 12.1 Å². The molecule has 0 atom stereocenters. The molecule has 37 heavy (non-hydrogen) atoms. The van der Waals surface area contributed by atoms with Crippen LogP contribution in [0.2, 0.25) is 10.0 Å². The third kappa shape index (κ3) is 6.53. The number of hydrogen-bond donors (Lipinski definition) is 3. The fourth-order valence-corrected chi connectivity index (χ4v) is 4.71. The summed E-state index contributed by atoms with van der Waals surface area (Å²) in [5, 5.41) is 5.43. The van der Waals surface area contributed by atoms with Crippen molar-refractivity contribution in [2.24, 2.45) is 5.92 Å². The third-order valence-corrected chi connectivity index (χ3v) is 6.56. The minimum atomic E-state index is -4.29. The SMILES string of the molecule is O=C(NC1CCC(C(F)(F)F)CC1)c1cc2nc(Nc3c(Cl)cc(F)cc3Cl)[nH]c2cc1OCC(F)F. The lowest BCUT2D eigenvalue weighted by Crippen LogP contribution is -2.40. The Balaban J connectivity index is 1.58. The molecule has 1 heterocycles. The van der Waals surface area contributed by atoms with E-state index in [1.54, 1.807) is 0 Å². The van der Waals surface area contributed by atoms with Crippen LogP contribution >= 0.6 is 23.2 Å². The van der Waals surface area contributed by atoms with Gasteiger partial charge in [0.2, 0.25) is 5.95 Å². The summed E-state index contributed by atoms with van der Waals surface area (Å²) >= 11 is 12.1. The van der Waals surface area contributed by atoms with Gasteiger partial charge in [0, 0.05) is 12.1 Å². The molecule has 1 aliphatic rings. The quantitative estimate of drug-likeness (QED) is 0.262. The highest BCUT2D eigenvalue weighted by Crippen LogP contribution is 2.38. The number of amides is 1. The van der Waals surface area contributed by atoms with Gasteiger partial charge in [0.25, 0.3) is 12.3 Å². The number of halogens is 8. The molecule has 0 bridgehead atoms. The van der Waals surface area contributed by atoms with E-state index in [0.717, 1.165) is 12.1 Å². The van der Waals surface area contributed by atoms with Crippen molar-refractivity contribution in [2.75, 3.05) is 11.9 Å². The van der Waals surface area contributed by atoms with Crippen molar-refractivity contribution in [3.8, 4) is 5.75 Å². The second-order valence-electron chi connectivity index (χ2n) is 8.59. The molecule has 2 aromatic carbocycles. The Morgan fingerprint density at radius 3 is 2.35 bits per heavy atom. The number of anilines is 2. The van der Waals surface area contributed by atoms with Gasteiger partial charge in [-0.25, -0.2) is 18.2 Å². The van der Waals surface area contributed by atoms with E-state index in [-0.39, 0.29) is 64.2 Å². The largest absolute Gasteiger partial charge is 0.487 e. The summed E-state index contributed by atoms with van der Waals surface area (Å²) in [7, 11) is 0. The maximum absolute atomic E-state index is 13.5. The zero-order chi connectivity index (χ0) is 26.9. The van der Waals surface area contributed by atoms with Gasteiger partial charge >= 0.3 is 6.18 Å². The van der Waals surface area contributed by atoms with Crippen molar-refractivity contribution < 1.29 is 35.9 Å². The third-order valence-electron chi connectivity index (χ3n) is 5.97. The Hall–Kier alpha value is -2.86. The molecule has 0 saturated heterocycles. The van der Waals surface area contributed by atoms with Gasteiger partial charge in [-0.1, -0.05) is 23.2 Å². The number of nitrogens with zero attached hydrogens (tertiary/aromatic N) is 1. The summed E-state index contributed by atoms with van der Waals surface area (Å²) in [6.45, 7) is -0.984. The van der Waals surface area contributed by atoms with Crippen LogP contribution in [0.3, 0.4) is 0 Å². The highest BCUT2D eigenvalue weighted by atomic mass is 35.5. The van der Waals surface area contributed by atoms with E-state index >= 15 is 0 Å². The van der Waals surface area contributed by atoms with Gasteiger partial charge in [-0.05, 0) is 43.9 Å². The van der Waals surface area contributed by atoms with E-state index in [0.29, 0.717) is 5.52 Å². The molecule has 6 nitrogen and oxygen atoms in total. The lowest BCUT2D eigenvalue weighted by Gasteiger charge is -2.30. The Labute approximate surface area is 216 Å². The number of benzene rings is 2. The average molecular weight is 569 g/mol. The minimum absolute atomic E-state index is 0.0216. The van der Waals surface area contributed by atoms with E-state index in [2.05, 4.69) is 20.6 Å². The first kappa shape index (κ1) is 27.2. The van der Waals surface area contributed by atoms with E-state index in [1.807, 2.05) is 0 Å². The maximum Gasteiger partial charge on any atom is 0.391 e. The Kier molecular flexibility index (Phi) is 7.98. The molecule has 1 saturated carbocycles. The van der Waals surface area contributed by atoms with Crippen molar-refractivity contribution in [3.63, 3.8) is 0 Å². The zero-order valence-corrected chi connectivity index (χ0v) is 20.4. The van der Waals surface area contributed by atoms with Gasteiger partial charge in [-0.2, -0.15) is 13.2 Å². The summed E-state index contributed by atoms with van der Waals surface area (Å²) in [6, 6.07) is 4.18. The molecule has 0 spiro atoms. The van der Waals surface area contributed by atoms with Gasteiger partial charge in [0.15, 0.2) is 0 Å². The molecular formula is C23H20Cl2F6N4O2. The summed E-state index contributed by atoms with van der Waals surface area (Å²) in [4.78, 5) is 20.2. The van der Waals surface area contributed by atoms with Crippen LogP contribution in [0.1, 0.15) is 36.0 Å². The number of aromatic amines is 1. The average Bonchev–Trinajstić information content (AvgIpc) is 3.20. The van der Waals surface area contributed by atoms with Gasteiger partial charge < -0.3 is 20.4 Å². The number of fused-ring (bicyclic) bond motifs is 1. The van der Waals surface area contributed by atoms with Crippen molar-refractivity contribution in [3.05, 3.63) is 45.7 Å². The zero-order valence-electron chi connectivity index (χ0n) is 18.9. The highest BCUT2D eigenvalue weighted by Gasteiger charge is 2.41. The number of carbonyl (C=O) groups is 1. The van der Waals surface area contributed by atoms with E-state index in [9.17, 15) is 31.1 Å². The standard InChI is InChI=1S/C23H20Cl2F6N4O2/c24-14-5-11(26)6-15(25)20(14)35-22-33-16-7-13(18(8-17(16)34-22)37-9-19(27)28)21(36)32-12-3-1-10(2-4-12)23(29,30)31/h5-8,10,12,19H,1-4,9H2,(H,32,36)(H2,33,34,35). The molecule has 1 fully saturated rings. The van der Waals surface area contributed by atoms with Crippen molar-refractivity contribution in [1.82, 2.24) is 15.3 Å². The topological polar surface area (TPSA) is 79.0 Å². The van der Waals surface area contributed by atoms with Crippen molar-refractivity contribution in [2.45, 2.75) is 44.3 Å². The summed E-state index contributed by atoms with van der Waals surface area (Å²) in [5.74, 6) is -2.81. The number of alkyl halides is 5. The maximum atomic E-state index is 13.5. The normalized spacial score (nSPS) is 18.3. The number of nitrogens with one attached hydrogen (secondary N) is 3. The number of aromatic nitrogens is 2. The molecule has 0 unspecified atom stereocenters. The number of carbonyl (C=O) groups excluding carboxylic acids is 1. The molecule has 3 N–H and O–H groups in total. The van der Waals surface area contributed by atoms with Crippen LogP contribution < -0.4 is 15.4 Å². The summed E-state index contributed by atoms with van der Waals surface area (Å²) < 4.78 is 83.1. The molecule has 14 heteroatoms. The van der Waals surface area contributed by atoms with E-state index < -0.39 is 42.9 Å². The second-order valence-corrected chi connectivity index (χ2v) is 9.40. The lowest BCUT2D eigenvalue weighted by molar-refractivity contribution is -0.182. The van der Waals surface area contributed by atoms with Crippen LogP contribution in [0.15, 0.2) is 24.3 Å². The Bertz CT molecular complexity index is 1270.